The van der Waals surface area contributed by atoms with Crippen LogP contribution in [0.3, 0.4) is 0 Å². The normalized spacial score (nSPS) is 12.2. The SMILES string of the molecule is CCCC(C)OC(=O)c1cccnc1F. The average molecular weight is 211 g/mol. The molecule has 82 valence electrons. The van der Waals surface area contributed by atoms with Crippen LogP contribution in [0.4, 0.5) is 4.39 Å². The number of pyridine rings is 1. The molecule has 0 aliphatic rings. The van der Waals surface area contributed by atoms with Gasteiger partial charge in [-0.1, -0.05) is 13.3 Å². The molecule has 0 aromatic carbocycles. The highest BCUT2D eigenvalue weighted by Gasteiger charge is 2.15. The molecule has 0 fully saturated rings. The third-order valence-electron chi connectivity index (χ3n) is 1.98. The van der Waals surface area contributed by atoms with Crippen molar-refractivity contribution in [2.45, 2.75) is 32.8 Å². The van der Waals surface area contributed by atoms with Gasteiger partial charge in [0.05, 0.1) is 6.10 Å². The summed E-state index contributed by atoms with van der Waals surface area (Å²) in [5, 5.41) is 0. The van der Waals surface area contributed by atoms with E-state index in [1.807, 2.05) is 6.92 Å². The van der Waals surface area contributed by atoms with Crippen molar-refractivity contribution in [2.75, 3.05) is 0 Å². The predicted octanol–water partition coefficient (Wildman–Crippen LogP) is 2.57. The highest BCUT2D eigenvalue weighted by molar-refractivity contribution is 5.89. The highest BCUT2D eigenvalue weighted by atomic mass is 19.1. The number of halogens is 1. The molecule has 4 heteroatoms. The fourth-order valence-corrected chi connectivity index (χ4v) is 1.25. The number of hydrogen-bond donors (Lipinski definition) is 0. The zero-order valence-electron chi connectivity index (χ0n) is 8.87. The molecule has 1 aromatic heterocycles. The van der Waals surface area contributed by atoms with Gasteiger partial charge in [-0.3, -0.25) is 0 Å². The zero-order valence-corrected chi connectivity index (χ0v) is 8.87. The van der Waals surface area contributed by atoms with E-state index < -0.39 is 11.9 Å². The number of ether oxygens (including phenoxy) is 1. The molecule has 1 heterocycles. The first-order valence-electron chi connectivity index (χ1n) is 4.96. The second-order valence-electron chi connectivity index (χ2n) is 3.35. The fraction of sp³-hybridized carbons (Fsp3) is 0.455. The summed E-state index contributed by atoms with van der Waals surface area (Å²) >= 11 is 0. The Morgan fingerprint density at radius 2 is 2.40 bits per heavy atom. The Labute approximate surface area is 88.3 Å². The van der Waals surface area contributed by atoms with Crippen LogP contribution in [0.15, 0.2) is 18.3 Å². The van der Waals surface area contributed by atoms with Gasteiger partial charge in [0.25, 0.3) is 0 Å². The summed E-state index contributed by atoms with van der Waals surface area (Å²) in [4.78, 5) is 14.8. The average Bonchev–Trinajstić information content (AvgIpc) is 2.18. The van der Waals surface area contributed by atoms with E-state index in [9.17, 15) is 9.18 Å². The van der Waals surface area contributed by atoms with E-state index >= 15 is 0 Å². The van der Waals surface area contributed by atoms with Crippen molar-refractivity contribution in [3.8, 4) is 0 Å². The minimum atomic E-state index is -0.786. The van der Waals surface area contributed by atoms with Crippen LogP contribution in [0.1, 0.15) is 37.0 Å². The van der Waals surface area contributed by atoms with E-state index in [-0.39, 0.29) is 11.7 Å². The first-order chi connectivity index (χ1) is 7.15. The van der Waals surface area contributed by atoms with Gasteiger partial charge in [-0.25, -0.2) is 9.78 Å². The van der Waals surface area contributed by atoms with E-state index in [2.05, 4.69) is 4.98 Å². The number of aromatic nitrogens is 1. The number of nitrogens with zero attached hydrogens (tertiary/aromatic N) is 1. The molecule has 0 radical (unpaired) electrons. The zero-order chi connectivity index (χ0) is 11.3. The van der Waals surface area contributed by atoms with Gasteiger partial charge < -0.3 is 4.74 Å². The fourth-order valence-electron chi connectivity index (χ4n) is 1.25. The summed E-state index contributed by atoms with van der Waals surface area (Å²) < 4.78 is 18.1. The lowest BCUT2D eigenvalue weighted by Gasteiger charge is -2.11. The van der Waals surface area contributed by atoms with Crippen LogP contribution in [0.5, 0.6) is 0 Å². The van der Waals surface area contributed by atoms with E-state index in [0.717, 1.165) is 12.8 Å². The standard InChI is InChI=1S/C11H14FNO2/c1-3-5-8(2)15-11(14)9-6-4-7-13-10(9)12/h4,6-8H,3,5H2,1-2H3. The lowest BCUT2D eigenvalue weighted by Crippen LogP contribution is -2.16. The van der Waals surface area contributed by atoms with Crippen LogP contribution in [0.2, 0.25) is 0 Å². The topological polar surface area (TPSA) is 39.2 Å². The molecule has 0 spiro atoms. The van der Waals surface area contributed by atoms with E-state index in [4.69, 9.17) is 4.74 Å². The van der Waals surface area contributed by atoms with Crippen LogP contribution in [0.25, 0.3) is 0 Å². The molecule has 1 rings (SSSR count). The van der Waals surface area contributed by atoms with Gasteiger partial charge in [-0.2, -0.15) is 4.39 Å². The molecule has 0 aliphatic carbocycles. The van der Waals surface area contributed by atoms with Crippen LogP contribution in [-0.4, -0.2) is 17.1 Å². The van der Waals surface area contributed by atoms with Crippen molar-refractivity contribution < 1.29 is 13.9 Å². The summed E-state index contributed by atoms with van der Waals surface area (Å²) in [5.41, 5.74) is -0.111. The molecular weight excluding hydrogens is 197 g/mol. The molecule has 15 heavy (non-hydrogen) atoms. The largest absolute Gasteiger partial charge is 0.459 e. The first kappa shape index (κ1) is 11.6. The van der Waals surface area contributed by atoms with Crippen LogP contribution in [-0.2, 0) is 4.74 Å². The molecule has 0 saturated heterocycles. The van der Waals surface area contributed by atoms with Gasteiger partial charge in [0.1, 0.15) is 5.56 Å². The summed E-state index contributed by atoms with van der Waals surface area (Å²) in [7, 11) is 0. The lowest BCUT2D eigenvalue weighted by molar-refractivity contribution is 0.0317. The Morgan fingerprint density at radius 3 is 3.00 bits per heavy atom. The minimum Gasteiger partial charge on any atom is -0.459 e. The lowest BCUT2D eigenvalue weighted by atomic mass is 10.2. The Balaban J connectivity index is 2.65. The Morgan fingerprint density at radius 1 is 1.67 bits per heavy atom. The predicted molar refractivity (Wildman–Crippen MR) is 54.0 cm³/mol. The van der Waals surface area contributed by atoms with Crippen molar-refractivity contribution in [3.05, 3.63) is 29.8 Å². The van der Waals surface area contributed by atoms with E-state index in [0.29, 0.717) is 0 Å². The summed E-state index contributed by atoms with van der Waals surface area (Å²) in [6, 6.07) is 2.87. The molecule has 3 nitrogen and oxygen atoms in total. The molecule has 1 unspecified atom stereocenters. The molecule has 1 aromatic rings. The van der Waals surface area contributed by atoms with E-state index in [1.54, 1.807) is 6.92 Å². The Bertz CT molecular complexity index is 341. The number of hydrogen-bond acceptors (Lipinski definition) is 3. The van der Waals surface area contributed by atoms with Gasteiger partial charge in [0, 0.05) is 6.20 Å². The summed E-state index contributed by atoms with van der Waals surface area (Å²) in [6.45, 7) is 3.78. The monoisotopic (exact) mass is 211 g/mol. The van der Waals surface area contributed by atoms with Gasteiger partial charge in [-0.15, -0.1) is 0 Å². The molecule has 0 saturated carbocycles. The molecule has 0 amide bonds. The summed E-state index contributed by atoms with van der Waals surface area (Å²) in [5.74, 6) is -1.44. The number of esters is 1. The van der Waals surface area contributed by atoms with Crippen LogP contribution >= 0.6 is 0 Å². The van der Waals surface area contributed by atoms with E-state index in [1.165, 1.54) is 18.3 Å². The van der Waals surface area contributed by atoms with Crippen molar-refractivity contribution in [1.29, 1.82) is 0 Å². The maximum atomic E-state index is 13.1. The smallest absolute Gasteiger partial charge is 0.343 e. The van der Waals surface area contributed by atoms with Crippen molar-refractivity contribution >= 4 is 5.97 Å². The third-order valence-corrected chi connectivity index (χ3v) is 1.98. The molecule has 0 aliphatic heterocycles. The maximum Gasteiger partial charge on any atom is 0.343 e. The van der Waals surface area contributed by atoms with Crippen LogP contribution in [0, 0.1) is 5.95 Å². The second kappa shape index (κ2) is 5.44. The summed E-state index contributed by atoms with van der Waals surface area (Å²) in [6.07, 6.45) is 2.79. The van der Waals surface area contributed by atoms with Gasteiger partial charge >= 0.3 is 5.97 Å². The molecule has 0 bridgehead atoms. The second-order valence-corrected chi connectivity index (χ2v) is 3.35. The maximum absolute atomic E-state index is 13.1. The molecule has 1 atom stereocenters. The van der Waals surface area contributed by atoms with Gasteiger partial charge in [-0.05, 0) is 25.5 Å². The molecular formula is C11H14FNO2. The van der Waals surface area contributed by atoms with Gasteiger partial charge in [0.15, 0.2) is 0 Å². The Hall–Kier alpha value is -1.45. The third kappa shape index (κ3) is 3.31. The number of rotatable bonds is 4. The van der Waals surface area contributed by atoms with Crippen LogP contribution < -0.4 is 0 Å². The minimum absolute atomic E-state index is 0.111. The quantitative estimate of drug-likeness (QED) is 0.567. The van der Waals surface area contributed by atoms with Crippen molar-refractivity contribution in [1.82, 2.24) is 4.98 Å². The van der Waals surface area contributed by atoms with Gasteiger partial charge in [0.2, 0.25) is 5.95 Å². The van der Waals surface area contributed by atoms with Crippen molar-refractivity contribution in [2.24, 2.45) is 0 Å². The highest BCUT2D eigenvalue weighted by Crippen LogP contribution is 2.09. The molecule has 0 N–H and O–H groups in total. The number of carbonyl (C=O) groups excluding carboxylic acids is 1. The number of carbonyl (C=O) groups is 1. The van der Waals surface area contributed by atoms with Crippen molar-refractivity contribution in [3.63, 3.8) is 0 Å². The Kier molecular flexibility index (Phi) is 4.21. The first-order valence-corrected chi connectivity index (χ1v) is 4.96.